The molecule has 2 aliphatic heterocycles. The molecule has 29 heavy (non-hydrogen) atoms. The molecule has 0 aliphatic carbocycles. The number of carbonyl (C=O) groups excluding carboxylic acids is 1. The van der Waals surface area contributed by atoms with Crippen LogP contribution in [0.15, 0.2) is 42.5 Å². The highest BCUT2D eigenvalue weighted by Crippen LogP contribution is 2.33. The lowest BCUT2D eigenvalue weighted by Gasteiger charge is -2.37. The Balaban J connectivity index is 1.38. The van der Waals surface area contributed by atoms with Gasteiger partial charge in [-0.1, -0.05) is 35.9 Å². The number of hydrogen-bond acceptors (Lipinski definition) is 2. The summed E-state index contributed by atoms with van der Waals surface area (Å²) in [6, 6.07) is 12.2. The molecule has 0 bridgehead atoms. The molecule has 4 rings (SSSR count). The molecular weight excluding hydrogens is 394 g/mol. The van der Waals surface area contributed by atoms with Crippen LogP contribution in [0, 0.1) is 12.7 Å². The summed E-state index contributed by atoms with van der Waals surface area (Å²) in [7, 11) is 0. The summed E-state index contributed by atoms with van der Waals surface area (Å²) in [5.41, 5.74) is 2.31. The predicted octanol–water partition coefficient (Wildman–Crippen LogP) is 4.72. The van der Waals surface area contributed by atoms with E-state index in [-0.39, 0.29) is 30.2 Å². The van der Waals surface area contributed by atoms with Crippen LogP contribution in [0.1, 0.15) is 35.4 Å². The first-order valence-electron chi connectivity index (χ1n) is 10.1. The first-order chi connectivity index (χ1) is 13.9. The minimum atomic E-state index is -1.11. The molecule has 2 fully saturated rings. The van der Waals surface area contributed by atoms with Crippen LogP contribution in [0.3, 0.4) is 0 Å². The van der Waals surface area contributed by atoms with Crippen molar-refractivity contribution in [2.75, 3.05) is 19.6 Å². The van der Waals surface area contributed by atoms with Crippen LogP contribution < -0.4 is 0 Å². The van der Waals surface area contributed by atoms with Gasteiger partial charge < -0.3 is 4.90 Å². The van der Waals surface area contributed by atoms with Crippen LogP contribution in [-0.2, 0) is 11.3 Å². The maximum absolute atomic E-state index is 15.0. The maximum atomic E-state index is 15.0. The quantitative estimate of drug-likeness (QED) is 0.717. The van der Waals surface area contributed by atoms with Crippen LogP contribution in [-0.4, -0.2) is 47.6 Å². The van der Waals surface area contributed by atoms with Crippen molar-refractivity contribution in [2.24, 2.45) is 0 Å². The third-order valence-corrected chi connectivity index (χ3v) is 6.45. The second-order valence-electron chi connectivity index (χ2n) is 8.11. The molecule has 2 aromatic rings. The SMILES string of the molecule is Cc1ccc([C@@H]2CCN([C@@H]3CCN(Cc4ccc(Cl)cc4)C3=O)C[C@H]2F)cc1F. The average Bonchev–Trinajstić information content (AvgIpc) is 3.06. The number of rotatable bonds is 4. The first kappa shape index (κ1) is 20.3. The lowest BCUT2D eigenvalue weighted by molar-refractivity contribution is -0.133. The third-order valence-electron chi connectivity index (χ3n) is 6.19. The monoisotopic (exact) mass is 418 g/mol. The van der Waals surface area contributed by atoms with Gasteiger partial charge in [-0.25, -0.2) is 8.78 Å². The molecule has 3 atom stereocenters. The minimum absolute atomic E-state index is 0.0620. The predicted molar refractivity (Wildman–Crippen MR) is 110 cm³/mol. The molecule has 0 spiro atoms. The van der Waals surface area contributed by atoms with Gasteiger partial charge in [0.05, 0.1) is 6.04 Å². The van der Waals surface area contributed by atoms with Gasteiger partial charge in [-0.2, -0.15) is 0 Å². The van der Waals surface area contributed by atoms with Gasteiger partial charge in [0, 0.05) is 30.6 Å². The highest BCUT2D eigenvalue weighted by atomic mass is 35.5. The second-order valence-corrected chi connectivity index (χ2v) is 8.54. The normalized spacial score (nSPS) is 25.6. The molecule has 0 aromatic heterocycles. The van der Waals surface area contributed by atoms with Crippen molar-refractivity contribution < 1.29 is 13.6 Å². The van der Waals surface area contributed by atoms with Crippen molar-refractivity contribution >= 4 is 17.5 Å². The van der Waals surface area contributed by atoms with Crippen molar-refractivity contribution in [3.63, 3.8) is 0 Å². The number of hydrogen-bond donors (Lipinski definition) is 0. The first-order valence-corrected chi connectivity index (χ1v) is 10.5. The standard InChI is InChI=1S/C23H25ClF2N2O/c1-15-2-5-17(12-20(15)25)19-8-10-27(14-21(19)26)22-9-11-28(23(22)29)13-16-3-6-18(24)7-4-16/h2-7,12,19,21-22H,8-11,13-14H2,1H3/t19-,21+,22+/m0/s1. The van der Waals surface area contributed by atoms with E-state index < -0.39 is 6.17 Å². The van der Waals surface area contributed by atoms with Gasteiger partial charge >= 0.3 is 0 Å². The Hall–Kier alpha value is -1.98. The molecule has 3 nitrogen and oxygen atoms in total. The van der Waals surface area contributed by atoms with Crippen LogP contribution in [0.5, 0.6) is 0 Å². The molecule has 2 heterocycles. The highest BCUT2D eigenvalue weighted by Gasteiger charge is 2.40. The zero-order valence-electron chi connectivity index (χ0n) is 16.5. The van der Waals surface area contributed by atoms with Gasteiger partial charge in [0.25, 0.3) is 0 Å². The van der Waals surface area contributed by atoms with Gasteiger partial charge in [-0.05, 0) is 61.2 Å². The number of nitrogens with zero attached hydrogens (tertiary/aromatic N) is 2. The van der Waals surface area contributed by atoms with Crippen molar-refractivity contribution in [2.45, 2.75) is 44.4 Å². The molecular formula is C23H25ClF2N2O. The van der Waals surface area contributed by atoms with Crippen LogP contribution in [0.4, 0.5) is 8.78 Å². The van der Waals surface area contributed by atoms with Gasteiger partial charge in [0.1, 0.15) is 12.0 Å². The fourth-order valence-electron chi connectivity index (χ4n) is 4.46. The van der Waals surface area contributed by atoms with E-state index in [4.69, 9.17) is 11.6 Å². The Labute approximate surface area is 175 Å². The Kier molecular flexibility index (Phi) is 5.88. The Morgan fingerprint density at radius 1 is 1.10 bits per heavy atom. The van der Waals surface area contributed by atoms with E-state index >= 15 is 0 Å². The summed E-state index contributed by atoms with van der Waals surface area (Å²) in [5.74, 6) is -0.545. The lowest BCUT2D eigenvalue weighted by Crippen LogP contribution is -2.49. The number of aryl methyl sites for hydroxylation is 1. The van der Waals surface area contributed by atoms with E-state index in [2.05, 4.69) is 0 Å². The number of carbonyl (C=O) groups is 1. The molecule has 2 aromatic carbocycles. The van der Waals surface area contributed by atoms with E-state index in [0.29, 0.717) is 48.6 Å². The van der Waals surface area contributed by atoms with Crippen molar-refractivity contribution in [1.29, 1.82) is 0 Å². The van der Waals surface area contributed by atoms with E-state index in [1.165, 1.54) is 6.07 Å². The fraction of sp³-hybridized carbons (Fsp3) is 0.435. The van der Waals surface area contributed by atoms with Gasteiger partial charge in [0.15, 0.2) is 0 Å². The summed E-state index contributed by atoms with van der Waals surface area (Å²) >= 11 is 5.92. The summed E-state index contributed by atoms with van der Waals surface area (Å²) in [5, 5.41) is 0.671. The van der Waals surface area contributed by atoms with Gasteiger partial charge in [-0.3, -0.25) is 9.69 Å². The lowest BCUT2D eigenvalue weighted by atomic mass is 9.87. The zero-order valence-corrected chi connectivity index (χ0v) is 17.2. The number of likely N-dealkylation sites (tertiary alicyclic amines) is 2. The topological polar surface area (TPSA) is 23.6 Å². The van der Waals surface area contributed by atoms with Crippen molar-refractivity contribution in [3.8, 4) is 0 Å². The van der Waals surface area contributed by atoms with E-state index in [9.17, 15) is 13.6 Å². The molecule has 0 saturated carbocycles. The van der Waals surface area contributed by atoms with E-state index in [1.54, 1.807) is 13.0 Å². The highest BCUT2D eigenvalue weighted by molar-refractivity contribution is 6.30. The molecule has 2 saturated heterocycles. The summed E-state index contributed by atoms with van der Waals surface area (Å²) in [4.78, 5) is 16.7. The molecule has 1 amide bonds. The van der Waals surface area contributed by atoms with Crippen molar-refractivity contribution in [1.82, 2.24) is 9.80 Å². The molecule has 0 unspecified atom stereocenters. The number of benzene rings is 2. The summed E-state index contributed by atoms with van der Waals surface area (Å²) in [6.45, 7) is 3.78. The smallest absolute Gasteiger partial charge is 0.240 e. The Morgan fingerprint density at radius 2 is 1.86 bits per heavy atom. The van der Waals surface area contributed by atoms with Crippen molar-refractivity contribution in [3.05, 3.63) is 70.0 Å². The third kappa shape index (κ3) is 4.31. The summed E-state index contributed by atoms with van der Waals surface area (Å²) < 4.78 is 28.9. The average molecular weight is 419 g/mol. The zero-order chi connectivity index (χ0) is 20.5. The number of piperidine rings is 1. The second kappa shape index (κ2) is 8.41. The van der Waals surface area contributed by atoms with Gasteiger partial charge in [0.2, 0.25) is 5.91 Å². The van der Waals surface area contributed by atoms with Crippen LogP contribution >= 0.6 is 11.6 Å². The van der Waals surface area contributed by atoms with E-state index in [1.807, 2.05) is 40.1 Å². The fourth-order valence-corrected chi connectivity index (χ4v) is 4.58. The molecule has 2 aliphatic rings. The summed E-state index contributed by atoms with van der Waals surface area (Å²) in [6.07, 6.45) is 0.192. The number of amides is 1. The number of halogens is 3. The Morgan fingerprint density at radius 3 is 2.55 bits per heavy atom. The molecule has 154 valence electrons. The largest absolute Gasteiger partial charge is 0.337 e. The molecule has 6 heteroatoms. The molecule has 0 N–H and O–H groups in total. The van der Waals surface area contributed by atoms with Crippen LogP contribution in [0.2, 0.25) is 5.02 Å². The minimum Gasteiger partial charge on any atom is -0.337 e. The van der Waals surface area contributed by atoms with Gasteiger partial charge in [-0.15, -0.1) is 0 Å². The Bertz CT molecular complexity index is 889. The number of alkyl halides is 1. The van der Waals surface area contributed by atoms with E-state index in [0.717, 1.165) is 5.56 Å². The van der Waals surface area contributed by atoms with Crippen LogP contribution in [0.25, 0.3) is 0 Å². The molecule has 0 radical (unpaired) electrons. The maximum Gasteiger partial charge on any atom is 0.240 e.